The summed E-state index contributed by atoms with van der Waals surface area (Å²) in [5.74, 6) is 0. The molecule has 0 spiro atoms. The number of unbranched alkanes of at least 4 members (excludes halogenated alkanes) is 1. The van der Waals surface area contributed by atoms with Gasteiger partial charge in [-0.25, -0.2) is 0 Å². The second kappa shape index (κ2) is 8.06. The molecule has 0 aromatic carbocycles. The van der Waals surface area contributed by atoms with Crippen LogP contribution in [0.5, 0.6) is 0 Å². The molecule has 0 radical (unpaired) electrons. The SMILES string of the molecule is CC(C)(Br)COCCCCOCC(C)(C)Br. The minimum absolute atomic E-state index is 0.0868. The first kappa shape index (κ1) is 16.9. The minimum Gasteiger partial charge on any atom is -0.380 e. The minimum atomic E-state index is 0.0868. The first-order chi connectivity index (χ1) is 7.21. The van der Waals surface area contributed by atoms with Crippen molar-refractivity contribution < 1.29 is 9.47 Å². The summed E-state index contributed by atoms with van der Waals surface area (Å²) < 4.78 is 11.2. The highest BCUT2D eigenvalue weighted by atomic mass is 79.9. The lowest BCUT2D eigenvalue weighted by Gasteiger charge is -2.17. The molecule has 0 aliphatic carbocycles. The second-order valence-corrected chi connectivity index (χ2v) is 9.54. The van der Waals surface area contributed by atoms with E-state index in [1.54, 1.807) is 0 Å². The van der Waals surface area contributed by atoms with Crippen molar-refractivity contribution in [1.29, 1.82) is 0 Å². The molecule has 0 bridgehead atoms. The van der Waals surface area contributed by atoms with Crippen LogP contribution in [-0.4, -0.2) is 35.1 Å². The van der Waals surface area contributed by atoms with Crippen LogP contribution in [0.1, 0.15) is 40.5 Å². The highest BCUT2D eigenvalue weighted by molar-refractivity contribution is 9.10. The average molecular weight is 360 g/mol. The van der Waals surface area contributed by atoms with Crippen molar-refractivity contribution >= 4 is 31.9 Å². The lowest BCUT2D eigenvalue weighted by molar-refractivity contribution is 0.0915. The molecule has 0 unspecified atom stereocenters. The Kier molecular flexibility index (Phi) is 8.51. The maximum atomic E-state index is 5.53. The summed E-state index contributed by atoms with van der Waals surface area (Å²) in [6, 6.07) is 0. The van der Waals surface area contributed by atoms with Crippen LogP contribution in [-0.2, 0) is 9.47 Å². The fraction of sp³-hybridized carbons (Fsp3) is 1.00. The molecule has 0 aliphatic rings. The number of ether oxygens (including phenoxy) is 2. The maximum absolute atomic E-state index is 5.53. The Morgan fingerprint density at radius 1 is 0.750 bits per heavy atom. The number of halogens is 2. The zero-order valence-electron chi connectivity index (χ0n) is 10.8. The van der Waals surface area contributed by atoms with Crippen LogP contribution < -0.4 is 0 Å². The van der Waals surface area contributed by atoms with Gasteiger partial charge in [0.15, 0.2) is 0 Å². The first-order valence-electron chi connectivity index (χ1n) is 5.74. The number of rotatable bonds is 9. The molecular weight excluding hydrogens is 336 g/mol. The third kappa shape index (κ3) is 14.9. The Morgan fingerprint density at radius 2 is 1.06 bits per heavy atom. The maximum Gasteiger partial charge on any atom is 0.0614 e. The molecule has 0 atom stereocenters. The molecule has 0 fully saturated rings. The topological polar surface area (TPSA) is 18.5 Å². The zero-order valence-corrected chi connectivity index (χ0v) is 14.0. The van der Waals surface area contributed by atoms with Crippen molar-refractivity contribution in [3.63, 3.8) is 0 Å². The molecule has 4 heteroatoms. The molecule has 0 amide bonds. The molecule has 0 aromatic rings. The third-order valence-electron chi connectivity index (χ3n) is 1.72. The van der Waals surface area contributed by atoms with Gasteiger partial charge in [-0.05, 0) is 40.5 Å². The van der Waals surface area contributed by atoms with E-state index < -0.39 is 0 Å². The highest BCUT2D eigenvalue weighted by Gasteiger charge is 2.12. The van der Waals surface area contributed by atoms with Crippen LogP contribution in [0.4, 0.5) is 0 Å². The smallest absolute Gasteiger partial charge is 0.0614 e. The summed E-state index contributed by atoms with van der Waals surface area (Å²) in [5, 5.41) is 0. The van der Waals surface area contributed by atoms with Gasteiger partial charge in [0, 0.05) is 21.9 Å². The summed E-state index contributed by atoms with van der Waals surface area (Å²) in [5.41, 5.74) is 0. The van der Waals surface area contributed by atoms with Crippen LogP contribution in [0.15, 0.2) is 0 Å². The zero-order chi connectivity index (χ0) is 12.7. The van der Waals surface area contributed by atoms with Gasteiger partial charge in [-0.2, -0.15) is 0 Å². The Bertz CT molecular complexity index is 151. The standard InChI is InChI=1S/C12H24Br2O2/c1-11(2,13)9-15-7-5-6-8-16-10-12(3,4)14/h5-10H2,1-4H3. The number of hydrogen-bond acceptors (Lipinski definition) is 2. The summed E-state index contributed by atoms with van der Waals surface area (Å²) in [6.45, 7) is 11.6. The molecule has 2 nitrogen and oxygen atoms in total. The normalized spacial score (nSPS) is 13.1. The van der Waals surface area contributed by atoms with Gasteiger partial charge in [-0.1, -0.05) is 31.9 Å². The molecule has 0 aliphatic heterocycles. The lowest BCUT2D eigenvalue weighted by atomic mass is 10.2. The van der Waals surface area contributed by atoms with E-state index in [4.69, 9.17) is 9.47 Å². The van der Waals surface area contributed by atoms with E-state index >= 15 is 0 Å². The van der Waals surface area contributed by atoms with Crippen LogP contribution in [0.3, 0.4) is 0 Å². The number of alkyl halides is 2. The van der Waals surface area contributed by atoms with Gasteiger partial charge in [0.1, 0.15) is 0 Å². The molecule has 16 heavy (non-hydrogen) atoms. The van der Waals surface area contributed by atoms with Crippen LogP contribution >= 0.6 is 31.9 Å². The Hall–Kier alpha value is 0.880. The van der Waals surface area contributed by atoms with Crippen molar-refractivity contribution in [1.82, 2.24) is 0 Å². The highest BCUT2D eigenvalue weighted by Crippen LogP contribution is 2.16. The van der Waals surface area contributed by atoms with E-state index in [-0.39, 0.29) is 8.65 Å². The molecule has 0 aromatic heterocycles. The molecule has 0 N–H and O–H groups in total. The van der Waals surface area contributed by atoms with Gasteiger partial charge in [0.2, 0.25) is 0 Å². The molecule has 0 heterocycles. The van der Waals surface area contributed by atoms with Crippen LogP contribution in [0, 0.1) is 0 Å². The molecule has 0 rings (SSSR count). The Balaban J connectivity index is 3.17. The van der Waals surface area contributed by atoms with E-state index in [0.29, 0.717) is 0 Å². The van der Waals surface area contributed by atoms with Crippen molar-refractivity contribution in [3.05, 3.63) is 0 Å². The summed E-state index contributed by atoms with van der Waals surface area (Å²) >= 11 is 7.08. The molecule has 98 valence electrons. The van der Waals surface area contributed by atoms with Crippen molar-refractivity contribution in [2.75, 3.05) is 26.4 Å². The second-order valence-electron chi connectivity index (χ2n) is 5.25. The Morgan fingerprint density at radius 3 is 1.31 bits per heavy atom. The Labute approximate surface area is 117 Å². The average Bonchev–Trinajstić information content (AvgIpc) is 2.06. The third-order valence-corrected chi connectivity index (χ3v) is 2.18. The number of hydrogen-bond donors (Lipinski definition) is 0. The fourth-order valence-corrected chi connectivity index (χ4v) is 1.36. The monoisotopic (exact) mass is 358 g/mol. The summed E-state index contributed by atoms with van der Waals surface area (Å²) in [4.78, 5) is 0. The van der Waals surface area contributed by atoms with Gasteiger partial charge in [0.25, 0.3) is 0 Å². The fourth-order valence-electron chi connectivity index (χ4n) is 1.04. The van der Waals surface area contributed by atoms with Crippen molar-refractivity contribution in [2.45, 2.75) is 49.2 Å². The first-order valence-corrected chi connectivity index (χ1v) is 7.33. The lowest BCUT2D eigenvalue weighted by Crippen LogP contribution is -2.20. The van der Waals surface area contributed by atoms with Gasteiger partial charge in [-0.3, -0.25) is 0 Å². The molecule has 0 saturated carbocycles. The van der Waals surface area contributed by atoms with Crippen molar-refractivity contribution in [3.8, 4) is 0 Å². The summed E-state index contributed by atoms with van der Waals surface area (Å²) in [7, 11) is 0. The van der Waals surface area contributed by atoms with E-state index in [2.05, 4.69) is 59.6 Å². The van der Waals surface area contributed by atoms with E-state index in [1.165, 1.54) is 0 Å². The summed E-state index contributed by atoms with van der Waals surface area (Å²) in [6.07, 6.45) is 2.12. The van der Waals surface area contributed by atoms with Crippen molar-refractivity contribution in [2.24, 2.45) is 0 Å². The van der Waals surface area contributed by atoms with Gasteiger partial charge >= 0.3 is 0 Å². The molecule has 0 saturated heterocycles. The quantitative estimate of drug-likeness (QED) is 0.454. The van der Waals surface area contributed by atoms with E-state index in [9.17, 15) is 0 Å². The van der Waals surface area contributed by atoms with Gasteiger partial charge < -0.3 is 9.47 Å². The predicted octanol–water partition coefficient (Wildman–Crippen LogP) is 4.15. The van der Waals surface area contributed by atoms with E-state index in [1.807, 2.05) is 0 Å². The molecular formula is C12H24Br2O2. The van der Waals surface area contributed by atoms with Gasteiger partial charge in [-0.15, -0.1) is 0 Å². The largest absolute Gasteiger partial charge is 0.380 e. The van der Waals surface area contributed by atoms with Crippen LogP contribution in [0.25, 0.3) is 0 Å². The van der Waals surface area contributed by atoms with Gasteiger partial charge in [0.05, 0.1) is 13.2 Å². The van der Waals surface area contributed by atoms with Crippen LogP contribution in [0.2, 0.25) is 0 Å². The van der Waals surface area contributed by atoms with E-state index in [0.717, 1.165) is 39.3 Å². The predicted molar refractivity (Wildman–Crippen MR) is 76.9 cm³/mol.